The van der Waals surface area contributed by atoms with Crippen molar-refractivity contribution in [3.05, 3.63) is 59.3 Å². The minimum atomic E-state index is -0.827. The lowest BCUT2D eigenvalue weighted by Gasteiger charge is -2.22. The molecule has 2 aromatic carbocycles. The molecule has 32 heavy (non-hydrogen) atoms. The molecule has 0 aliphatic carbocycles. The zero-order valence-corrected chi connectivity index (χ0v) is 17.7. The van der Waals surface area contributed by atoms with Gasteiger partial charge in [-0.2, -0.15) is 5.10 Å². The van der Waals surface area contributed by atoms with E-state index in [2.05, 4.69) is 15.5 Å². The number of ether oxygens (including phenoxy) is 3. The first-order chi connectivity index (χ1) is 15.5. The van der Waals surface area contributed by atoms with Crippen LogP contribution in [0.2, 0.25) is 0 Å². The molecule has 0 spiro atoms. The number of aromatic nitrogens is 2. The van der Waals surface area contributed by atoms with Crippen LogP contribution in [0.15, 0.2) is 36.4 Å². The molecule has 3 aromatic rings. The highest BCUT2D eigenvalue weighted by Gasteiger charge is 2.26. The summed E-state index contributed by atoms with van der Waals surface area (Å²) in [6.07, 6.45) is 1.51. The number of nitrogens with one attached hydrogen (secondary N) is 2. The van der Waals surface area contributed by atoms with Crippen molar-refractivity contribution in [2.45, 2.75) is 18.8 Å². The number of nitrogens with zero attached hydrogens (tertiary/aromatic N) is 1. The molecule has 4 rings (SSSR count). The lowest BCUT2D eigenvalue weighted by molar-refractivity contribution is 0.0846. The van der Waals surface area contributed by atoms with Crippen LogP contribution in [0.4, 0.5) is 14.5 Å². The van der Waals surface area contributed by atoms with E-state index in [1.807, 2.05) is 0 Å². The van der Waals surface area contributed by atoms with Crippen LogP contribution in [-0.4, -0.2) is 43.5 Å². The van der Waals surface area contributed by atoms with Gasteiger partial charge in [0, 0.05) is 36.3 Å². The van der Waals surface area contributed by atoms with Gasteiger partial charge in [-0.25, -0.2) is 8.78 Å². The van der Waals surface area contributed by atoms with Crippen molar-refractivity contribution in [2.75, 3.05) is 32.8 Å². The second kappa shape index (κ2) is 9.35. The monoisotopic (exact) mass is 443 g/mol. The molecule has 1 aliphatic rings. The van der Waals surface area contributed by atoms with Crippen LogP contribution in [-0.2, 0) is 4.74 Å². The second-order valence-electron chi connectivity index (χ2n) is 7.43. The minimum absolute atomic E-state index is 0.0877. The number of halogens is 2. The molecule has 1 fully saturated rings. The Morgan fingerprint density at radius 3 is 2.41 bits per heavy atom. The molecule has 0 bridgehead atoms. The van der Waals surface area contributed by atoms with Crippen molar-refractivity contribution in [3.63, 3.8) is 0 Å². The first kappa shape index (κ1) is 21.8. The lowest BCUT2D eigenvalue weighted by atomic mass is 9.94. The number of hydrogen-bond acceptors (Lipinski definition) is 5. The standard InChI is InChI=1S/C23H23F2N3O4/c1-30-18-4-3-14(11-19(18)31-2)21-22(20(27-28-21)13-5-7-32-8-6-13)26-23(29)15-9-16(24)12-17(25)10-15/h3-4,9-13H,5-8H2,1-2H3,(H,26,29)(H,27,28). The fraction of sp³-hybridized carbons (Fsp3) is 0.304. The predicted octanol–water partition coefficient (Wildman–Crippen LogP) is 4.52. The Labute approximate surface area is 183 Å². The third-order valence-corrected chi connectivity index (χ3v) is 5.44. The minimum Gasteiger partial charge on any atom is -0.493 e. The Hall–Kier alpha value is -3.46. The van der Waals surface area contributed by atoms with Crippen LogP contribution in [0.3, 0.4) is 0 Å². The van der Waals surface area contributed by atoms with E-state index in [1.165, 1.54) is 7.11 Å². The number of anilines is 1. The number of methoxy groups -OCH3 is 2. The third-order valence-electron chi connectivity index (χ3n) is 5.44. The van der Waals surface area contributed by atoms with Gasteiger partial charge in [0.2, 0.25) is 0 Å². The van der Waals surface area contributed by atoms with E-state index in [4.69, 9.17) is 14.2 Å². The first-order valence-corrected chi connectivity index (χ1v) is 10.2. The molecule has 1 saturated heterocycles. The van der Waals surface area contributed by atoms with Gasteiger partial charge in [0.25, 0.3) is 5.91 Å². The summed E-state index contributed by atoms with van der Waals surface area (Å²) >= 11 is 0. The van der Waals surface area contributed by atoms with Gasteiger partial charge in [0.1, 0.15) is 17.3 Å². The fourth-order valence-corrected chi connectivity index (χ4v) is 3.83. The highest BCUT2D eigenvalue weighted by molar-refractivity contribution is 6.06. The summed E-state index contributed by atoms with van der Waals surface area (Å²) in [5, 5.41) is 10.3. The van der Waals surface area contributed by atoms with Gasteiger partial charge in [-0.3, -0.25) is 9.89 Å². The van der Waals surface area contributed by atoms with Crippen LogP contribution in [0, 0.1) is 11.6 Å². The zero-order valence-electron chi connectivity index (χ0n) is 17.7. The van der Waals surface area contributed by atoms with Crippen molar-refractivity contribution in [1.29, 1.82) is 0 Å². The quantitative estimate of drug-likeness (QED) is 0.585. The highest BCUT2D eigenvalue weighted by atomic mass is 19.1. The van der Waals surface area contributed by atoms with Crippen LogP contribution < -0.4 is 14.8 Å². The van der Waals surface area contributed by atoms with Crippen LogP contribution in [0.5, 0.6) is 11.5 Å². The molecule has 0 unspecified atom stereocenters. The van der Waals surface area contributed by atoms with Crippen LogP contribution in [0.25, 0.3) is 11.3 Å². The lowest BCUT2D eigenvalue weighted by Crippen LogP contribution is -2.18. The van der Waals surface area contributed by atoms with E-state index in [0.29, 0.717) is 41.7 Å². The first-order valence-electron chi connectivity index (χ1n) is 10.2. The van der Waals surface area contributed by atoms with E-state index >= 15 is 0 Å². The largest absolute Gasteiger partial charge is 0.493 e. The SMILES string of the molecule is COc1ccc(-c2n[nH]c(C3CCOCC3)c2NC(=O)c2cc(F)cc(F)c2)cc1OC. The Kier molecular flexibility index (Phi) is 6.36. The topological polar surface area (TPSA) is 85.5 Å². The number of amides is 1. The molecule has 168 valence electrons. The summed E-state index contributed by atoms with van der Waals surface area (Å²) < 4.78 is 43.4. The molecule has 2 heterocycles. The number of rotatable bonds is 6. The van der Waals surface area contributed by atoms with Crippen molar-refractivity contribution < 1.29 is 27.8 Å². The number of H-pyrrole nitrogens is 1. The van der Waals surface area contributed by atoms with E-state index in [0.717, 1.165) is 36.7 Å². The summed E-state index contributed by atoms with van der Waals surface area (Å²) in [6.45, 7) is 1.19. The number of benzene rings is 2. The average Bonchev–Trinajstić information content (AvgIpc) is 3.21. The van der Waals surface area contributed by atoms with Crippen LogP contribution >= 0.6 is 0 Å². The number of aromatic amines is 1. The molecule has 7 nitrogen and oxygen atoms in total. The second-order valence-corrected chi connectivity index (χ2v) is 7.43. The van der Waals surface area contributed by atoms with Gasteiger partial charge >= 0.3 is 0 Å². The van der Waals surface area contributed by atoms with Crippen molar-refractivity contribution in [2.24, 2.45) is 0 Å². The summed E-state index contributed by atoms with van der Waals surface area (Å²) in [5.41, 5.74) is 2.23. The average molecular weight is 443 g/mol. The van der Waals surface area contributed by atoms with Gasteiger partial charge < -0.3 is 19.5 Å². The van der Waals surface area contributed by atoms with Gasteiger partial charge in [-0.15, -0.1) is 0 Å². The maximum absolute atomic E-state index is 13.7. The van der Waals surface area contributed by atoms with E-state index in [-0.39, 0.29) is 11.5 Å². The number of carbonyl (C=O) groups is 1. The van der Waals surface area contributed by atoms with E-state index in [9.17, 15) is 13.6 Å². The third kappa shape index (κ3) is 4.43. The molecule has 2 N–H and O–H groups in total. The predicted molar refractivity (Wildman–Crippen MR) is 114 cm³/mol. The van der Waals surface area contributed by atoms with Crippen LogP contribution in [0.1, 0.15) is 34.8 Å². The Morgan fingerprint density at radius 1 is 1.06 bits per heavy atom. The summed E-state index contributed by atoms with van der Waals surface area (Å²) in [5.74, 6) is -1.15. The normalized spacial score (nSPS) is 14.2. The van der Waals surface area contributed by atoms with Crippen molar-refractivity contribution in [3.8, 4) is 22.8 Å². The van der Waals surface area contributed by atoms with E-state index < -0.39 is 17.5 Å². The van der Waals surface area contributed by atoms with Gasteiger partial charge in [-0.1, -0.05) is 0 Å². The molecule has 1 aromatic heterocycles. The molecule has 1 aliphatic heterocycles. The molecular weight excluding hydrogens is 420 g/mol. The smallest absolute Gasteiger partial charge is 0.255 e. The van der Waals surface area contributed by atoms with Gasteiger partial charge in [0.15, 0.2) is 11.5 Å². The Balaban J connectivity index is 1.76. The van der Waals surface area contributed by atoms with Gasteiger partial charge in [0.05, 0.1) is 25.6 Å². The molecule has 0 radical (unpaired) electrons. The highest BCUT2D eigenvalue weighted by Crippen LogP contribution is 2.39. The zero-order chi connectivity index (χ0) is 22.7. The summed E-state index contributed by atoms with van der Waals surface area (Å²) in [6, 6.07) is 7.98. The Morgan fingerprint density at radius 2 is 1.75 bits per heavy atom. The maximum Gasteiger partial charge on any atom is 0.255 e. The molecular formula is C23H23F2N3O4. The molecule has 9 heteroatoms. The fourth-order valence-electron chi connectivity index (χ4n) is 3.83. The summed E-state index contributed by atoms with van der Waals surface area (Å²) in [4.78, 5) is 12.9. The number of carbonyl (C=O) groups excluding carboxylic acids is 1. The van der Waals surface area contributed by atoms with E-state index in [1.54, 1.807) is 25.3 Å². The van der Waals surface area contributed by atoms with Crippen molar-refractivity contribution >= 4 is 11.6 Å². The maximum atomic E-state index is 13.7. The van der Waals surface area contributed by atoms with Gasteiger partial charge in [-0.05, 0) is 43.2 Å². The molecule has 0 atom stereocenters. The number of hydrogen-bond donors (Lipinski definition) is 2. The molecule has 0 saturated carbocycles. The summed E-state index contributed by atoms with van der Waals surface area (Å²) in [7, 11) is 3.07. The Bertz CT molecular complexity index is 1110. The van der Waals surface area contributed by atoms with Crippen molar-refractivity contribution in [1.82, 2.24) is 10.2 Å². The molecule has 1 amide bonds.